The Morgan fingerprint density at radius 1 is 0.750 bits per heavy atom. The molecule has 20 heavy (non-hydrogen) atoms. The minimum atomic E-state index is -2.93. The molecule has 0 aliphatic rings. The van der Waals surface area contributed by atoms with Gasteiger partial charge in [-0.25, -0.2) is 0 Å². The van der Waals surface area contributed by atoms with Gasteiger partial charge in [0, 0.05) is 31.1 Å². The molecule has 1 aromatic carbocycles. The van der Waals surface area contributed by atoms with E-state index in [1.807, 2.05) is 39.0 Å². The summed E-state index contributed by atoms with van der Waals surface area (Å²) in [6, 6.07) is 5.58. The van der Waals surface area contributed by atoms with Crippen molar-refractivity contribution in [3.63, 3.8) is 0 Å². The number of ether oxygens (including phenoxy) is 2. The maximum absolute atomic E-state index is 5.88. The van der Waals surface area contributed by atoms with Crippen LogP contribution in [0.25, 0.3) is 0 Å². The van der Waals surface area contributed by atoms with Crippen LogP contribution in [0.15, 0.2) is 18.2 Å². The Bertz CT molecular complexity index is 371. The molecule has 114 valence electrons. The van der Waals surface area contributed by atoms with Crippen molar-refractivity contribution in [1.29, 1.82) is 0 Å². The van der Waals surface area contributed by atoms with Crippen LogP contribution >= 0.6 is 0 Å². The SMILES string of the molecule is CCO[Si](OCC)(OCC)c1cc(OC)cc(OC)c1. The van der Waals surface area contributed by atoms with Crippen molar-refractivity contribution >= 4 is 14.0 Å². The van der Waals surface area contributed by atoms with Gasteiger partial charge in [0.05, 0.1) is 14.2 Å². The monoisotopic (exact) mass is 300 g/mol. The second-order valence-electron chi connectivity index (χ2n) is 3.96. The molecular formula is C14H24O5Si. The van der Waals surface area contributed by atoms with Crippen molar-refractivity contribution in [2.75, 3.05) is 34.0 Å². The fourth-order valence-electron chi connectivity index (χ4n) is 1.93. The molecule has 0 bridgehead atoms. The average Bonchev–Trinajstić information content (AvgIpc) is 2.47. The van der Waals surface area contributed by atoms with Crippen LogP contribution in [0.2, 0.25) is 0 Å². The van der Waals surface area contributed by atoms with E-state index in [1.54, 1.807) is 14.2 Å². The lowest BCUT2D eigenvalue weighted by molar-refractivity contribution is 0.0858. The summed E-state index contributed by atoms with van der Waals surface area (Å²) in [7, 11) is 0.303. The van der Waals surface area contributed by atoms with Crippen LogP contribution in [0.4, 0.5) is 0 Å². The normalized spacial score (nSPS) is 11.4. The molecule has 0 radical (unpaired) electrons. The molecule has 0 heterocycles. The van der Waals surface area contributed by atoms with Gasteiger partial charge >= 0.3 is 8.80 Å². The number of methoxy groups -OCH3 is 2. The summed E-state index contributed by atoms with van der Waals surface area (Å²) in [5.41, 5.74) is 0. The Balaban J connectivity index is 3.29. The van der Waals surface area contributed by atoms with Crippen molar-refractivity contribution in [2.24, 2.45) is 0 Å². The van der Waals surface area contributed by atoms with Gasteiger partial charge in [-0.3, -0.25) is 0 Å². The summed E-state index contributed by atoms with van der Waals surface area (Å²) < 4.78 is 28.2. The van der Waals surface area contributed by atoms with Gasteiger partial charge < -0.3 is 22.8 Å². The number of hydrogen-bond donors (Lipinski definition) is 0. The van der Waals surface area contributed by atoms with E-state index in [9.17, 15) is 0 Å². The first-order valence-electron chi connectivity index (χ1n) is 6.81. The maximum atomic E-state index is 5.88. The number of hydrogen-bond acceptors (Lipinski definition) is 5. The quantitative estimate of drug-likeness (QED) is 0.652. The van der Waals surface area contributed by atoms with Crippen LogP contribution in [0, 0.1) is 0 Å². The van der Waals surface area contributed by atoms with Gasteiger partial charge in [0.1, 0.15) is 11.5 Å². The molecule has 0 unspecified atom stereocenters. The summed E-state index contributed by atoms with van der Waals surface area (Å²) >= 11 is 0. The number of rotatable bonds is 9. The second kappa shape index (κ2) is 8.26. The van der Waals surface area contributed by atoms with Gasteiger partial charge in [0.25, 0.3) is 0 Å². The fourth-order valence-corrected chi connectivity index (χ4v) is 4.46. The lowest BCUT2D eigenvalue weighted by atomic mass is 10.3. The molecule has 0 N–H and O–H groups in total. The topological polar surface area (TPSA) is 46.2 Å². The zero-order valence-electron chi connectivity index (χ0n) is 12.9. The van der Waals surface area contributed by atoms with E-state index in [0.717, 1.165) is 5.19 Å². The highest BCUT2D eigenvalue weighted by Crippen LogP contribution is 2.21. The van der Waals surface area contributed by atoms with Crippen molar-refractivity contribution in [3.8, 4) is 11.5 Å². The van der Waals surface area contributed by atoms with Gasteiger partial charge in [0.15, 0.2) is 0 Å². The molecule has 0 aromatic heterocycles. The minimum Gasteiger partial charge on any atom is -0.497 e. The Labute approximate surface area is 122 Å². The highest BCUT2D eigenvalue weighted by molar-refractivity contribution is 6.75. The third kappa shape index (κ3) is 3.96. The first kappa shape index (κ1) is 17.0. The van der Waals surface area contributed by atoms with Gasteiger partial charge in [0.2, 0.25) is 0 Å². The minimum absolute atomic E-state index is 0.520. The standard InChI is InChI=1S/C14H24O5Si/c1-6-17-20(18-7-2,19-8-3)14-10-12(15-4)9-13(11-14)16-5/h9-11H,6-8H2,1-5H3. The first-order valence-corrected chi connectivity index (χ1v) is 8.53. The molecule has 0 saturated heterocycles. The van der Waals surface area contributed by atoms with Crippen LogP contribution in [-0.2, 0) is 13.3 Å². The van der Waals surface area contributed by atoms with Gasteiger partial charge in [-0.15, -0.1) is 0 Å². The molecule has 0 fully saturated rings. The summed E-state index contributed by atoms with van der Waals surface area (Å²) in [4.78, 5) is 0. The van der Waals surface area contributed by atoms with Crippen molar-refractivity contribution in [1.82, 2.24) is 0 Å². The lowest BCUT2D eigenvalue weighted by Gasteiger charge is -2.29. The average molecular weight is 300 g/mol. The van der Waals surface area contributed by atoms with E-state index in [2.05, 4.69) is 0 Å². The summed E-state index contributed by atoms with van der Waals surface area (Å²) in [6.45, 7) is 7.34. The second-order valence-corrected chi connectivity index (χ2v) is 6.51. The van der Waals surface area contributed by atoms with E-state index in [1.165, 1.54) is 0 Å². The Morgan fingerprint density at radius 2 is 1.15 bits per heavy atom. The predicted molar refractivity (Wildman–Crippen MR) is 79.8 cm³/mol. The van der Waals surface area contributed by atoms with Crippen LogP contribution in [-0.4, -0.2) is 42.8 Å². The highest BCUT2D eigenvalue weighted by atomic mass is 28.4. The van der Waals surface area contributed by atoms with E-state index < -0.39 is 8.80 Å². The molecule has 0 aliphatic carbocycles. The predicted octanol–water partition coefficient (Wildman–Crippen LogP) is 1.96. The van der Waals surface area contributed by atoms with Crippen LogP contribution in [0.5, 0.6) is 11.5 Å². The molecule has 5 nitrogen and oxygen atoms in total. The van der Waals surface area contributed by atoms with Crippen molar-refractivity contribution in [2.45, 2.75) is 20.8 Å². The molecule has 0 amide bonds. The molecule has 0 saturated carbocycles. The molecular weight excluding hydrogens is 276 g/mol. The summed E-state index contributed by atoms with van der Waals surface area (Å²) in [6.07, 6.45) is 0. The van der Waals surface area contributed by atoms with Gasteiger partial charge in [-0.1, -0.05) is 0 Å². The third-order valence-corrected chi connectivity index (χ3v) is 5.71. The van der Waals surface area contributed by atoms with Crippen LogP contribution < -0.4 is 14.7 Å². The Kier molecular flexibility index (Phi) is 7.01. The van der Waals surface area contributed by atoms with Crippen LogP contribution in [0.3, 0.4) is 0 Å². The molecule has 0 spiro atoms. The van der Waals surface area contributed by atoms with Crippen molar-refractivity contribution in [3.05, 3.63) is 18.2 Å². The molecule has 6 heteroatoms. The fraction of sp³-hybridized carbons (Fsp3) is 0.571. The summed E-state index contributed by atoms with van der Waals surface area (Å²) in [5.74, 6) is 1.38. The zero-order valence-corrected chi connectivity index (χ0v) is 13.9. The molecule has 0 aliphatic heterocycles. The van der Waals surface area contributed by atoms with Gasteiger partial charge in [-0.2, -0.15) is 0 Å². The zero-order chi connectivity index (χ0) is 15.0. The van der Waals surface area contributed by atoms with E-state index in [0.29, 0.717) is 31.3 Å². The van der Waals surface area contributed by atoms with E-state index >= 15 is 0 Å². The van der Waals surface area contributed by atoms with Crippen LogP contribution in [0.1, 0.15) is 20.8 Å². The third-order valence-electron chi connectivity index (χ3n) is 2.71. The highest BCUT2D eigenvalue weighted by Gasteiger charge is 2.44. The Morgan fingerprint density at radius 3 is 1.45 bits per heavy atom. The Hall–Kier alpha value is -1.08. The molecule has 1 aromatic rings. The van der Waals surface area contributed by atoms with Crippen molar-refractivity contribution < 1.29 is 22.8 Å². The first-order chi connectivity index (χ1) is 9.65. The smallest absolute Gasteiger partial charge is 0.497 e. The summed E-state index contributed by atoms with van der Waals surface area (Å²) in [5, 5.41) is 0.847. The maximum Gasteiger partial charge on any atom is 0.537 e. The van der Waals surface area contributed by atoms with E-state index in [4.69, 9.17) is 22.8 Å². The largest absolute Gasteiger partial charge is 0.537 e. The van der Waals surface area contributed by atoms with E-state index in [-0.39, 0.29) is 0 Å². The molecule has 1 rings (SSSR count). The number of benzene rings is 1. The lowest BCUT2D eigenvalue weighted by Crippen LogP contribution is -2.56. The molecule has 0 atom stereocenters. The van der Waals surface area contributed by atoms with Gasteiger partial charge in [-0.05, 0) is 32.9 Å².